The third kappa shape index (κ3) is 4.30. The van der Waals surface area contributed by atoms with Crippen molar-refractivity contribution in [2.75, 3.05) is 13.7 Å². The summed E-state index contributed by atoms with van der Waals surface area (Å²) in [5, 5.41) is 10.6. The molecule has 1 fully saturated rings. The van der Waals surface area contributed by atoms with Crippen LogP contribution in [0.2, 0.25) is 0 Å². The first kappa shape index (κ1) is 16.5. The molecular weight excluding hydrogens is 280 g/mol. The predicted octanol–water partition coefficient (Wildman–Crippen LogP) is 2.82. The zero-order valence-electron chi connectivity index (χ0n) is 13.3. The molecule has 0 aromatic heterocycles. The number of rotatable bonds is 5. The fourth-order valence-corrected chi connectivity index (χ4v) is 2.50. The van der Waals surface area contributed by atoms with Crippen LogP contribution in [0, 0.1) is 17.2 Å². The Labute approximate surface area is 131 Å². The molecule has 5 nitrogen and oxygen atoms in total. The standard InChI is InChI=1S/C17H22N2O3/c1-12(2)11-21-17(20)9-15-8-16(19(3)22-15)14-6-4-13(10-18)5-7-14/h4-7,12,15-16H,8-9,11H2,1-3H3/t15-,16-/m1/s1. The van der Waals surface area contributed by atoms with E-state index in [1.165, 1.54) is 0 Å². The number of carbonyl (C=O) groups excluding carboxylic acids is 1. The van der Waals surface area contributed by atoms with Crippen LogP contribution < -0.4 is 0 Å². The Bertz CT molecular complexity index is 548. The second kappa shape index (κ2) is 7.39. The van der Waals surface area contributed by atoms with Crippen molar-refractivity contribution in [3.63, 3.8) is 0 Å². The van der Waals surface area contributed by atoms with E-state index < -0.39 is 0 Å². The van der Waals surface area contributed by atoms with Gasteiger partial charge in [-0.15, -0.1) is 0 Å². The SMILES string of the molecule is CC(C)COC(=O)C[C@H]1C[C@H](c2ccc(C#N)cc2)N(C)O1. The van der Waals surface area contributed by atoms with Gasteiger partial charge in [0, 0.05) is 7.05 Å². The highest BCUT2D eigenvalue weighted by atomic mass is 16.7. The van der Waals surface area contributed by atoms with E-state index in [9.17, 15) is 4.79 Å². The van der Waals surface area contributed by atoms with Crippen molar-refractivity contribution in [3.8, 4) is 6.07 Å². The Morgan fingerprint density at radius 2 is 2.14 bits per heavy atom. The highest BCUT2D eigenvalue weighted by molar-refractivity contribution is 5.70. The summed E-state index contributed by atoms with van der Waals surface area (Å²) in [6.45, 7) is 4.46. The topological polar surface area (TPSA) is 62.6 Å². The van der Waals surface area contributed by atoms with Gasteiger partial charge in [0.25, 0.3) is 0 Å². The van der Waals surface area contributed by atoms with Crippen molar-refractivity contribution < 1.29 is 14.4 Å². The van der Waals surface area contributed by atoms with E-state index in [2.05, 4.69) is 6.07 Å². The lowest BCUT2D eigenvalue weighted by molar-refractivity contribution is -0.163. The summed E-state index contributed by atoms with van der Waals surface area (Å²) in [5.74, 6) is 0.120. The van der Waals surface area contributed by atoms with Gasteiger partial charge in [0.05, 0.1) is 36.8 Å². The summed E-state index contributed by atoms with van der Waals surface area (Å²) in [6.07, 6.45) is 0.841. The van der Waals surface area contributed by atoms with E-state index in [1.807, 2.05) is 33.0 Å². The van der Waals surface area contributed by atoms with Gasteiger partial charge in [-0.1, -0.05) is 26.0 Å². The van der Waals surface area contributed by atoms with Crippen LogP contribution in [0.1, 0.15) is 43.9 Å². The lowest BCUT2D eigenvalue weighted by Crippen LogP contribution is -2.19. The summed E-state index contributed by atoms with van der Waals surface area (Å²) in [5.41, 5.74) is 1.72. The number of hydrogen-bond donors (Lipinski definition) is 0. The minimum atomic E-state index is -0.215. The van der Waals surface area contributed by atoms with Crippen LogP contribution in [-0.2, 0) is 14.4 Å². The van der Waals surface area contributed by atoms with E-state index in [4.69, 9.17) is 14.8 Å². The molecule has 0 amide bonds. The Morgan fingerprint density at radius 1 is 1.45 bits per heavy atom. The minimum Gasteiger partial charge on any atom is -0.465 e. The molecule has 0 saturated carbocycles. The first-order valence-electron chi connectivity index (χ1n) is 7.55. The molecule has 0 N–H and O–H groups in total. The maximum absolute atomic E-state index is 11.8. The highest BCUT2D eigenvalue weighted by Gasteiger charge is 2.33. The van der Waals surface area contributed by atoms with Gasteiger partial charge in [-0.3, -0.25) is 9.63 Å². The van der Waals surface area contributed by atoms with Gasteiger partial charge in [0.1, 0.15) is 0 Å². The van der Waals surface area contributed by atoms with Crippen LogP contribution >= 0.6 is 0 Å². The molecule has 0 spiro atoms. The second-order valence-electron chi connectivity index (χ2n) is 6.04. The Morgan fingerprint density at radius 3 is 2.73 bits per heavy atom. The molecule has 118 valence electrons. The van der Waals surface area contributed by atoms with Gasteiger partial charge in [0.15, 0.2) is 0 Å². The number of benzene rings is 1. The lowest BCUT2D eigenvalue weighted by atomic mass is 9.99. The molecule has 0 unspecified atom stereocenters. The maximum atomic E-state index is 11.8. The van der Waals surface area contributed by atoms with E-state index in [0.29, 0.717) is 18.1 Å². The molecule has 1 saturated heterocycles. The van der Waals surface area contributed by atoms with E-state index in [-0.39, 0.29) is 24.5 Å². The molecule has 1 aromatic carbocycles. The molecule has 2 rings (SSSR count). The van der Waals surface area contributed by atoms with E-state index in [1.54, 1.807) is 17.2 Å². The summed E-state index contributed by atoms with van der Waals surface area (Å²) in [7, 11) is 1.86. The Kier molecular flexibility index (Phi) is 5.53. The predicted molar refractivity (Wildman–Crippen MR) is 81.6 cm³/mol. The summed E-state index contributed by atoms with van der Waals surface area (Å²) in [4.78, 5) is 17.5. The highest BCUT2D eigenvalue weighted by Crippen LogP contribution is 2.34. The number of carbonyl (C=O) groups is 1. The van der Waals surface area contributed by atoms with Crippen LogP contribution in [0.4, 0.5) is 0 Å². The Hall–Kier alpha value is -1.90. The van der Waals surface area contributed by atoms with Crippen molar-refractivity contribution in [1.29, 1.82) is 5.26 Å². The monoisotopic (exact) mass is 302 g/mol. The van der Waals surface area contributed by atoms with Crippen LogP contribution in [-0.4, -0.2) is 30.8 Å². The number of hydroxylamine groups is 2. The summed E-state index contributed by atoms with van der Waals surface area (Å²) >= 11 is 0. The van der Waals surface area contributed by atoms with Gasteiger partial charge in [0.2, 0.25) is 0 Å². The number of hydrogen-bond acceptors (Lipinski definition) is 5. The normalized spacial score (nSPS) is 21.8. The molecular formula is C17H22N2O3. The Balaban J connectivity index is 1.91. The number of nitrogens with zero attached hydrogens (tertiary/aromatic N) is 2. The van der Waals surface area contributed by atoms with Gasteiger partial charge in [-0.2, -0.15) is 10.3 Å². The maximum Gasteiger partial charge on any atom is 0.308 e. The molecule has 1 aliphatic rings. The van der Waals surface area contributed by atoms with Crippen molar-refractivity contribution in [2.45, 2.75) is 38.8 Å². The van der Waals surface area contributed by atoms with Gasteiger partial charge >= 0.3 is 5.97 Å². The van der Waals surface area contributed by atoms with Crippen LogP contribution in [0.15, 0.2) is 24.3 Å². The molecule has 1 heterocycles. The van der Waals surface area contributed by atoms with Gasteiger partial charge in [-0.25, -0.2) is 0 Å². The van der Waals surface area contributed by atoms with Crippen LogP contribution in [0.25, 0.3) is 0 Å². The average Bonchev–Trinajstić information content (AvgIpc) is 2.85. The summed E-state index contributed by atoms with van der Waals surface area (Å²) < 4.78 is 5.20. The molecule has 1 aliphatic heterocycles. The smallest absolute Gasteiger partial charge is 0.308 e. The molecule has 0 radical (unpaired) electrons. The van der Waals surface area contributed by atoms with E-state index >= 15 is 0 Å². The molecule has 0 bridgehead atoms. The van der Waals surface area contributed by atoms with Crippen molar-refractivity contribution in [3.05, 3.63) is 35.4 Å². The molecule has 0 aliphatic carbocycles. The fraction of sp³-hybridized carbons (Fsp3) is 0.529. The van der Waals surface area contributed by atoms with Crippen molar-refractivity contribution in [1.82, 2.24) is 5.06 Å². The van der Waals surface area contributed by atoms with Crippen LogP contribution in [0.5, 0.6) is 0 Å². The third-order valence-corrected chi connectivity index (χ3v) is 3.64. The average molecular weight is 302 g/mol. The minimum absolute atomic E-state index is 0.0932. The van der Waals surface area contributed by atoms with Crippen LogP contribution in [0.3, 0.4) is 0 Å². The molecule has 2 atom stereocenters. The number of nitriles is 1. The lowest BCUT2D eigenvalue weighted by Gasteiger charge is -2.17. The quantitative estimate of drug-likeness (QED) is 0.783. The van der Waals surface area contributed by atoms with Gasteiger partial charge in [-0.05, 0) is 30.0 Å². The molecule has 1 aromatic rings. The zero-order valence-corrected chi connectivity index (χ0v) is 13.3. The second-order valence-corrected chi connectivity index (χ2v) is 6.04. The first-order chi connectivity index (χ1) is 10.5. The van der Waals surface area contributed by atoms with E-state index in [0.717, 1.165) is 12.0 Å². The number of esters is 1. The largest absolute Gasteiger partial charge is 0.465 e. The fourth-order valence-electron chi connectivity index (χ4n) is 2.50. The zero-order chi connectivity index (χ0) is 16.1. The molecule has 22 heavy (non-hydrogen) atoms. The van der Waals surface area contributed by atoms with Crippen molar-refractivity contribution in [2.24, 2.45) is 5.92 Å². The first-order valence-corrected chi connectivity index (χ1v) is 7.55. The summed E-state index contributed by atoms with van der Waals surface area (Å²) in [6, 6.07) is 9.67. The van der Waals surface area contributed by atoms with Gasteiger partial charge < -0.3 is 4.74 Å². The number of ether oxygens (including phenoxy) is 1. The third-order valence-electron chi connectivity index (χ3n) is 3.64. The van der Waals surface area contributed by atoms with Crippen molar-refractivity contribution >= 4 is 5.97 Å². The molecule has 5 heteroatoms.